The van der Waals surface area contributed by atoms with E-state index in [1.807, 2.05) is 72.8 Å². The molecule has 0 aliphatic carbocycles. The number of nitrogens with zero attached hydrogens (tertiary/aromatic N) is 4. The van der Waals surface area contributed by atoms with Crippen molar-refractivity contribution in [2.75, 3.05) is 79.3 Å². The summed E-state index contributed by atoms with van der Waals surface area (Å²) in [6.07, 6.45) is -15.3. The van der Waals surface area contributed by atoms with Gasteiger partial charge >= 0.3 is 73.3 Å². The third-order valence-electron chi connectivity index (χ3n) is 23.3. The number of halogens is 17. The number of carboxylic acid groups (broad SMARTS) is 1. The van der Waals surface area contributed by atoms with E-state index in [4.69, 9.17) is 33.2 Å². The molecule has 0 fully saturated rings. The van der Waals surface area contributed by atoms with Crippen LogP contribution in [0.2, 0.25) is 0 Å². The number of hydrogen-bond acceptors (Lipinski definition) is 23. The van der Waals surface area contributed by atoms with E-state index in [0.717, 1.165) is 194 Å². The second-order valence-corrected chi connectivity index (χ2v) is 39.4. The average Bonchev–Trinajstić information content (AvgIpc) is 1.71. The van der Waals surface area contributed by atoms with E-state index in [0.29, 0.717) is 28.7 Å². The quantitative estimate of drug-likeness (QED) is 0.0212. The molecule has 0 unspecified atom stereocenters. The van der Waals surface area contributed by atoms with E-state index in [9.17, 15) is 85.3 Å². The first kappa shape index (κ1) is 117. The molecule has 42 heteroatoms. The molecule has 0 atom stereocenters. The molecule has 786 valence electrons. The number of thiophene rings is 5. The van der Waals surface area contributed by atoms with Crippen LogP contribution < -0.4 is 67.5 Å². The summed E-state index contributed by atoms with van der Waals surface area (Å²) in [7, 11) is 1.69. The van der Waals surface area contributed by atoms with Crippen LogP contribution in [-0.2, 0) is 91.9 Å². The molecule has 5 aromatic heterocycles. The van der Waals surface area contributed by atoms with Crippen LogP contribution in [0.15, 0.2) is 255 Å². The van der Waals surface area contributed by atoms with E-state index in [1.54, 1.807) is 126 Å². The van der Waals surface area contributed by atoms with Crippen LogP contribution >= 0.6 is 56.7 Å². The molecule has 4 aliphatic heterocycles. The Hall–Kier alpha value is -12.1. The fourth-order valence-corrected chi connectivity index (χ4v) is 21.5. The monoisotopic (exact) mass is 2180 g/mol. The SMILES string of the molecule is CCOC(=O)COc1ccc2c(c1)CCN(Cc1ccc(-c3ccc(OC(F)(F)F)cc3)s1)CC2.COc1ccc2c(c1)CCN(Cc1ccc(-c3ccc(OC(F)(F)F)cc3)s1)CC2.FF.O=C(O)COc1ccc2c(c1)CCN(Cc1ccc(-c3ccc(OC(F)(F)F)cc3)s1)CC2.O=Cc1ccc(-c2ccc(OC(F)(F)F)cc2)s1.Oc1ccc2c(c1)CCN(Cc1ccc(-c3ccc(OC(F)(F)F)cc3)s1)CC2.[Na+].[OH-]. The molecule has 14 aromatic rings. The van der Waals surface area contributed by atoms with Gasteiger partial charge in [-0.15, -0.1) is 123 Å². The minimum atomic E-state index is -4.70. The molecule has 4 aliphatic rings. The molecule has 0 spiro atoms. The average molecular weight is 2190 g/mol. The largest absolute Gasteiger partial charge is 1.00 e. The van der Waals surface area contributed by atoms with Crippen molar-refractivity contribution in [1.82, 2.24) is 19.6 Å². The number of carbonyl (C=O) groups is 3. The second-order valence-electron chi connectivity index (χ2n) is 33.6. The van der Waals surface area contributed by atoms with Crippen molar-refractivity contribution >= 4 is 74.9 Å². The first-order valence-electron chi connectivity index (χ1n) is 45.8. The smallest absolute Gasteiger partial charge is 0.870 e. The number of carboxylic acids is 1. The van der Waals surface area contributed by atoms with Gasteiger partial charge in [-0.25, -0.2) is 9.59 Å². The van der Waals surface area contributed by atoms with Gasteiger partial charge in [0.05, 0.1) is 18.6 Å². The molecule has 149 heavy (non-hydrogen) atoms. The number of phenolic OH excluding ortho intramolecular Hbond substituents is 1. The van der Waals surface area contributed by atoms with Gasteiger partial charge in [0.15, 0.2) is 19.5 Å². The Bertz CT molecular complexity index is 6600. The summed E-state index contributed by atoms with van der Waals surface area (Å²) < 4.78 is 240. The van der Waals surface area contributed by atoms with Gasteiger partial charge in [0.25, 0.3) is 0 Å². The summed E-state index contributed by atoms with van der Waals surface area (Å²) in [6, 6.07) is 72.7. The van der Waals surface area contributed by atoms with Gasteiger partial charge in [-0.2, -0.15) is 0 Å². The standard InChI is InChI=1S/C26H26F3NO4S.C24H22F3NO4S.C23H22F3NO2S.C22H20F3NO2S.C12H7F3O2S.F2.Na.H2O/c1-2-32-25(31)17-33-22-8-3-18-11-13-30(14-12-20(18)15-22)16-23-9-10-24(35-23)19-4-6-21(7-5-19)34-26(27,28)29;25-24(26,27)32-19-4-2-17(3-5-19)22-8-7-21(33-22)14-28-11-9-16-1-6-20(31-15-23(29)30)13-18(16)10-12-28;1-28-20-7-2-16-10-12-27(13-11-18(16)14-20)15-21-8-9-22(30-21)17-3-5-19(6-4-17)29-23(24,25)26;23-22(24,25)28-19-5-2-16(3-6-19)21-8-7-20(29-21)14-26-11-9-15-1-4-18(27)13-17(15)10-12-26;13-12(14,15)17-9-3-1-8(2-4-9)11-6-5-10(7-16)18-11;1-2;;/h3-10,15H,2,11-14,16-17H2,1H3;1-8,13H,9-12,14-15H2,(H,29,30);2-9,14H,10-13,15H2,1H3;1-8,13,27H,9-12,14H2;1-7H;;;1H2/q;;;;;;+1;/p-1. The van der Waals surface area contributed by atoms with Gasteiger partial charge < -0.3 is 58.3 Å². The van der Waals surface area contributed by atoms with E-state index >= 15 is 0 Å². The van der Waals surface area contributed by atoms with Gasteiger partial charge in [-0.1, -0.05) is 24.3 Å². The number of aliphatic carboxylic acids is 1. The number of benzene rings is 9. The van der Waals surface area contributed by atoms with Crippen molar-refractivity contribution in [3.8, 4) is 104 Å². The molecular formula is C107H98F17N4NaO15S5. The minimum Gasteiger partial charge on any atom is -0.870 e. The fraction of sp³-hybridized carbons (Fsp3) is 0.280. The third-order valence-corrected chi connectivity index (χ3v) is 28.9. The van der Waals surface area contributed by atoms with Crippen LogP contribution in [0.4, 0.5) is 75.0 Å². The Morgan fingerprint density at radius 1 is 0.322 bits per heavy atom. The van der Waals surface area contributed by atoms with E-state index in [1.165, 1.54) is 148 Å². The Kier molecular flexibility index (Phi) is 43.3. The maximum absolute atomic E-state index is 12.4. The van der Waals surface area contributed by atoms with Crippen molar-refractivity contribution in [3.63, 3.8) is 0 Å². The van der Waals surface area contributed by atoms with Crippen molar-refractivity contribution in [2.45, 2.75) is 116 Å². The normalized spacial score (nSPS) is 13.8. The Morgan fingerprint density at radius 2 is 0.564 bits per heavy atom. The Morgan fingerprint density at radius 3 is 0.826 bits per heavy atom. The number of esters is 1. The molecule has 9 aromatic carbocycles. The van der Waals surface area contributed by atoms with Gasteiger partial charge in [0.1, 0.15) is 51.7 Å². The zero-order valence-corrected chi connectivity index (χ0v) is 86.2. The Labute approximate surface area is 888 Å². The second kappa shape index (κ2) is 55.1. The first-order valence-corrected chi connectivity index (χ1v) is 49.9. The van der Waals surface area contributed by atoms with Gasteiger partial charge in [0, 0.05) is 132 Å². The van der Waals surface area contributed by atoms with Crippen LogP contribution in [0.1, 0.15) is 80.6 Å². The predicted octanol–water partition coefficient (Wildman–Crippen LogP) is 24.6. The topological polar surface area (TPSA) is 218 Å². The minimum absolute atomic E-state index is 0. The maximum atomic E-state index is 12.4. The van der Waals surface area contributed by atoms with Crippen molar-refractivity contribution in [3.05, 3.63) is 324 Å². The summed E-state index contributed by atoms with van der Waals surface area (Å²) in [5.41, 5.74) is 14.4. The number of fused-ring (bicyclic) bond motifs is 4. The number of carbonyl (C=O) groups excluding carboxylic acids is 2. The molecule has 3 N–H and O–H groups in total. The summed E-state index contributed by atoms with van der Waals surface area (Å²) >= 11 is 7.85. The third kappa shape index (κ3) is 38.1. The number of methoxy groups -OCH3 is 1. The van der Waals surface area contributed by atoms with Gasteiger partial charge in [-0.3, -0.25) is 24.4 Å². The molecule has 9 heterocycles. The summed E-state index contributed by atoms with van der Waals surface area (Å²) in [5.74, 6) is -0.0790. The fourth-order valence-electron chi connectivity index (χ4n) is 16.5. The Balaban J connectivity index is 0.000000177. The zero-order chi connectivity index (χ0) is 105. The molecule has 18 rings (SSSR count). The van der Waals surface area contributed by atoms with Crippen molar-refractivity contribution in [2.24, 2.45) is 0 Å². The van der Waals surface area contributed by atoms with Crippen molar-refractivity contribution < 1.29 is 177 Å². The van der Waals surface area contributed by atoms with Crippen LogP contribution in [0.25, 0.3) is 52.2 Å². The molecule has 19 nitrogen and oxygen atoms in total. The number of hydrogen-bond donors (Lipinski definition) is 2. The number of rotatable bonds is 27. The molecule has 0 amide bonds. The van der Waals surface area contributed by atoms with Crippen LogP contribution in [0.3, 0.4) is 0 Å². The number of phenols is 1. The molecule has 0 saturated heterocycles. The van der Waals surface area contributed by atoms with Crippen molar-refractivity contribution in [1.29, 1.82) is 0 Å². The number of aromatic hydroxyl groups is 1. The van der Waals surface area contributed by atoms with E-state index in [-0.39, 0.29) is 83.0 Å². The number of ether oxygens (including phenoxy) is 9. The molecular weight excluding hydrogens is 2090 g/mol. The summed E-state index contributed by atoms with van der Waals surface area (Å²) in [4.78, 5) is 52.6. The first-order chi connectivity index (χ1) is 70.3. The molecule has 0 saturated carbocycles. The zero-order valence-electron chi connectivity index (χ0n) is 80.1. The van der Waals surface area contributed by atoms with Crippen LogP contribution in [0.5, 0.6) is 51.7 Å². The van der Waals surface area contributed by atoms with Gasteiger partial charge in [0.2, 0.25) is 0 Å². The number of aldehydes is 1. The molecule has 0 bridgehead atoms. The van der Waals surface area contributed by atoms with E-state index < -0.39 is 37.8 Å². The summed E-state index contributed by atoms with van der Waals surface area (Å²) in [5, 5.41) is 18.5. The van der Waals surface area contributed by atoms with E-state index in [2.05, 4.69) is 85.7 Å². The van der Waals surface area contributed by atoms with Crippen LogP contribution in [0, 0.1) is 0 Å². The summed E-state index contributed by atoms with van der Waals surface area (Å²) in [6.45, 7) is 12.4. The number of alkyl halides is 15. The predicted molar refractivity (Wildman–Crippen MR) is 532 cm³/mol. The van der Waals surface area contributed by atoms with Gasteiger partial charge in [-0.05, 0) is 361 Å². The molecule has 0 radical (unpaired) electrons. The maximum Gasteiger partial charge on any atom is 1.00 e. The van der Waals surface area contributed by atoms with Crippen LogP contribution in [-0.4, -0.2) is 165 Å².